The topological polar surface area (TPSA) is 99.5 Å². The molecule has 3 N–H and O–H groups in total. The molecule has 6 heteroatoms. The van der Waals surface area contributed by atoms with Gasteiger partial charge in [-0.05, 0) is 19.1 Å². The Morgan fingerprint density at radius 2 is 2.25 bits per heavy atom. The number of nitrogens with one attached hydrogen (secondary N) is 1. The number of nitrogens with zero attached hydrogens (tertiary/aromatic N) is 1. The van der Waals surface area contributed by atoms with Gasteiger partial charge in [0.15, 0.2) is 6.04 Å². The first-order valence-corrected chi connectivity index (χ1v) is 4.62. The molecule has 0 saturated heterocycles. The molecule has 1 unspecified atom stereocenters. The van der Waals surface area contributed by atoms with E-state index in [1.165, 1.54) is 12.3 Å². The molecule has 0 fully saturated rings. The van der Waals surface area contributed by atoms with E-state index in [0.717, 1.165) is 0 Å². The van der Waals surface area contributed by atoms with Crippen LogP contribution in [0, 0.1) is 6.92 Å². The van der Waals surface area contributed by atoms with Gasteiger partial charge in [0.1, 0.15) is 0 Å². The molecule has 1 heterocycles. The summed E-state index contributed by atoms with van der Waals surface area (Å²) < 4.78 is 0. The molecule has 86 valence electrons. The number of aliphatic hydroxyl groups excluding tert-OH is 1. The average Bonchev–Trinajstić information content (AvgIpc) is 2.25. The minimum atomic E-state index is -1.30. The van der Waals surface area contributed by atoms with Gasteiger partial charge in [0, 0.05) is 11.9 Å². The van der Waals surface area contributed by atoms with Crippen molar-refractivity contribution in [2.75, 3.05) is 6.61 Å². The molecule has 1 aromatic rings. The van der Waals surface area contributed by atoms with Crippen LogP contribution in [0.5, 0.6) is 0 Å². The lowest BCUT2D eigenvalue weighted by molar-refractivity contribution is -0.140. The zero-order valence-electron chi connectivity index (χ0n) is 8.67. The third kappa shape index (κ3) is 2.77. The minimum absolute atomic E-state index is 0.294. The summed E-state index contributed by atoms with van der Waals surface area (Å²) in [6, 6.07) is 1.82. The van der Waals surface area contributed by atoms with Crippen molar-refractivity contribution in [3.8, 4) is 0 Å². The normalized spacial score (nSPS) is 11.9. The third-order valence-electron chi connectivity index (χ3n) is 2.04. The second-order valence-corrected chi connectivity index (χ2v) is 3.18. The van der Waals surface area contributed by atoms with Crippen LogP contribution in [-0.4, -0.2) is 39.7 Å². The van der Waals surface area contributed by atoms with E-state index in [1.54, 1.807) is 13.0 Å². The van der Waals surface area contributed by atoms with Crippen LogP contribution in [0.15, 0.2) is 18.3 Å². The summed E-state index contributed by atoms with van der Waals surface area (Å²) in [7, 11) is 0. The van der Waals surface area contributed by atoms with Crippen LogP contribution in [0.4, 0.5) is 0 Å². The molecule has 16 heavy (non-hydrogen) atoms. The fourth-order valence-electron chi connectivity index (χ4n) is 1.15. The van der Waals surface area contributed by atoms with Gasteiger partial charge in [-0.25, -0.2) is 4.79 Å². The number of rotatable bonds is 4. The molecule has 6 nitrogen and oxygen atoms in total. The molecule has 0 radical (unpaired) electrons. The van der Waals surface area contributed by atoms with Crippen LogP contribution < -0.4 is 5.32 Å². The van der Waals surface area contributed by atoms with Gasteiger partial charge in [-0.15, -0.1) is 0 Å². The number of amides is 1. The Kier molecular flexibility index (Phi) is 3.96. The number of carbonyl (C=O) groups is 2. The average molecular weight is 224 g/mol. The molecule has 0 aliphatic carbocycles. The predicted molar refractivity (Wildman–Crippen MR) is 54.9 cm³/mol. The first kappa shape index (κ1) is 12.1. The molecular weight excluding hydrogens is 212 g/mol. The smallest absolute Gasteiger partial charge is 0.328 e. The monoisotopic (exact) mass is 224 g/mol. The highest BCUT2D eigenvalue weighted by atomic mass is 16.4. The maximum absolute atomic E-state index is 11.6. The number of aromatic nitrogens is 1. The van der Waals surface area contributed by atoms with E-state index in [0.29, 0.717) is 11.3 Å². The van der Waals surface area contributed by atoms with Gasteiger partial charge in [-0.2, -0.15) is 0 Å². The number of carbonyl (C=O) groups excluding carboxylic acids is 1. The van der Waals surface area contributed by atoms with Gasteiger partial charge in [-0.3, -0.25) is 9.78 Å². The molecule has 0 bridgehead atoms. The number of hydrogen-bond acceptors (Lipinski definition) is 4. The molecule has 1 rings (SSSR count). The van der Waals surface area contributed by atoms with E-state index in [9.17, 15) is 9.59 Å². The van der Waals surface area contributed by atoms with Crippen LogP contribution in [-0.2, 0) is 4.79 Å². The van der Waals surface area contributed by atoms with Crippen LogP contribution in [0.25, 0.3) is 0 Å². The van der Waals surface area contributed by atoms with Crippen molar-refractivity contribution < 1.29 is 19.8 Å². The van der Waals surface area contributed by atoms with Crippen LogP contribution in [0.3, 0.4) is 0 Å². The lowest BCUT2D eigenvalue weighted by Crippen LogP contribution is -2.43. The van der Waals surface area contributed by atoms with Gasteiger partial charge in [0.05, 0.1) is 12.2 Å². The highest BCUT2D eigenvalue weighted by Gasteiger charge is 2.20. The minimum Gasteiger partial charge on any atom is -0.480 e. The number of aliphatic carboxylic acids is 1. The van der Waals surface area contributed by atoms with Crippen molar-refractivity contribution in [3.05, 3.63) is 29.6 Å². The summed E-state index contributed by atoms with van der Waals surface area (Å²) in [5, 5.41) is 19.6. The fourth-order valence-corrected chi connectivity index (χ4v) is 1.15. The summed E-state index contributed by atoms with van der Waals surface area (Å²) in [6.07, 6.45) is 1.53. The van der Waals surface area contributed by atoms with Crippen molar-refractivity contribution in [1.29, 1.82) is 0 Å². The Morgan fingerprint density at radius 1 is 1.56 bits per heavy atom. The van der Waals surface area contributed by atoms with Crippen molar-refractivity contribution in [1.82, 2.24) is 10.3 Å². The molecule has 1 atom stereocenters. The maximum atomic E-state index is 11.6. The van der Waals surface area contributed by atoms with Crippen molar-refractivity contribution >= 4 is 11.9 Å². The summed E-state index contributed by atoms with van der Waals surface area (Å²) >= 11 is 0. The highest BCUT2D eigenvalue weighted by molar-refractivity contribution is 5.97. The number of aryl methyl sites for hydroxylation is 1. The SMILES string of the molecule is Cc1ncccc1C(=O)NC(CO)C(=O)O. The third-order valence-corrected chi connectivity index (χ3v) is 2.04. The molecular formula is C10H12N2O4. The zero-order chi connectivity index (χ0) is 12.1. The summed E-state index contributed by atoms with van der Waals surface area (Å²) in [5.74, 6) is -1.84. The number of carboxylic acid groups (broad SMARTS) is 1. The van der Waals surface area contributed by atoms with Crippen LogP contribution in [0.2, 0.25) is 0 Å². The summed E-state index contributed by atoms with van der Waals surface area (Å²) in [4.78, 5) is 26.1. The van der Waals surface area contributed by atoms with E-state index < -0.39 is 24.5 Å². The molecule has 1 amide bonds. The Morgan fingerprint density at radius 3 is 2.75 bits per heavy atom. The zero-order valence-corrected chi connectivity index (χ0v) is 8.67. The van der Waals surface area contributed by atoms with E-state index >= 15 is 0 Å². The van der Waals surface area contributed by atoms with Gasteiger partial charge in [0.2, 0.25) is 0 Å². The Hall–Kier alpha value is -1.95. The number of carboxylic acids is 1. The fraction of sp³-hybridized carbons (Fsp3) is 0.300. The lowest BCUT2D eigenvalue weighted by Gasteiger charge is -2.12. The van der Waals surface area contributed by atoms with E-state index in [1.807, 2.05) is 0 Å². The second kappa shape index (κ2) is 5.22. The quantitative estimate of drug-likeness (QED) is 0.644. The molecule has 0 aromatic carbocycles. The predicted octanol–water partition coefficient (Wildman–Crippen LogP) is -0.435. The standard InChI is InChI=1S/C10H12N2O4/c1-6-7(3-2-4-11-6)9(14)12-8(5-13)10(15)16/h2-4,8,13H,5H2,1H3,(H,12,14)(H,15,16). The molecule has 0 aliphatic heterocycles. The number of hydrogen-bond donors (Lipinski definition) is 3. The van der Waals surface area contributed by atoms with E-state index in [-0.39, 0.29) is 0 Å². The van der Waals surface area contributed by atoms with Gasteiger partial charge in [0.25, 0.3) is 5.91 Å². The molecule has 0 spiro atoms. The first-order chi connectivity index (χ1) is 7.56. The number of pyridine rings is 1. The summed E-state index contributed by atoms with van der Waals surface area (Å²) in [5.41, 5.74) is 0.796. The first-order valence-electron chi connectivity index (χ1n) is 4.62. The van der Waals surface area contributed by atoms with Crippen LogP contribution >= 0.6 is 0 Å². The number of aliphatic hydroxyl groups is 1. The Labute approximate surface area is 91.9 Å². The Bertz CT molecular complexity index is 406. The van der Waals surface area contributed by atoms with Crippen molar-refractivity contribution in [3.63, 3.8) is 0 Å². The van der Waals surface area contributed by atoms with E-state index in [4.69, 9.17) is 10.2 Å². The van der Waals surface area contributed by atoms with Crippen molar-refractivity contribution in [2.45, 2.75) is 13.0 Å². The maximum Gasteiger partial charge on any atom is 0.328 e. The Balaban J connectivity index is 2.80. The largest absolute Gasteiger partial charge is 0.480 e. The molecule has 0 saturated carbocycles. The molecule has 0 aliphatic rings. The lowest BCUT2D eigenvalue weighted by atomic mass is 10.2. The van der Waals surface area contributed by atoms with E-state index in [2.05, 4.69) is 10.3 Å². The highest BCUT2D eigenvalue weighted by Crippen LogP contribution is 2.03. The van der Waals surface area contributed by atoms with Gasteiger partial charge < -0.3 is 15.5 Å². The molecule has 1 aromatic heterocycles. The van der Waals surface area contributed by atoms with Gasteiger partial charge in [-0.1, -0.05) is 0 Å². The summed E-state index contributed by atoms with van der Waals surface area (Å²) in [6.45, 7) is 0.990. The van der Waals surface area contributed by atoms with Gasteiger partial charge >= 0.3 is 5.97 Å². The van der Waals surface area contributed by atoms with Crippen LogP contribution in [0.1, 0.15) is 16.1 Å². The second-order valence-electron chi connectivity index (χ2n) is 3.18. The van der Waals surface area contributed by atoms with Crippen molar-refractivity contribution in [2.24, 2.45) is 0 Å².